The highest BCUT2D eigenvalue weighted by atomic mass is 28.3. The Morgan fingerprint density at radius 1 is 1.00 bits per heavy atom. The summed E-state index contributed by atoms with van der Waals surface area (Å²) < 4.78 is 5.98. The van der Waals surface area contributed by atoms with Gasteiger partial charge < -0.3 is 9.84 Å². The molecule has 0 radical (unpaired) electrons. The number of hydrogen-bond donors (Lipinski definition) is 1. The van der Waals surface area contributed by atoms with Crippen LogP contribution >= 0.6 is 0 Å². The van der Waals surface area contributed by atoms with E-state index in [4.69, 9.17) is 4.74 Å². The fourth-order valence-electron chi connectivity index (χ4n) is 4.08. The summed E-state index contributed by atoms with van der Waals surface area (Å²) in [6, 6.07) is 0. The van der Waals surface area contributed by atoms with Crippen molar-refractivity contribution in [1.29, 1.82) is 0 Å². The molecule has 0 aromatic heterocycles. The van der Waals surface area contributed by atoms with E-state index in [1.54, 1.807) is 0 Å². The number of carbonyl (C=O) groups is 1. The highest BCUT2D eigenvalue weighted by Gasteiger charge is 2.36. The van der Waals surface area contributed by atoms with Gasteiger partial charge in [0.1, 0.15) is 0 Å². The Bertz CT molecular complexity index is 365. The minimum absolute atomic E-state index is 0.00738. The van der Waals surface area contributed by atoms with Crippen LogP contribution in [0.1, 0.15) is 70.6 Å². The average Bonchev–Trinajstić information content (AvgIpc) is 2.54. The fraction of sp³-hybridized carbons (Fsp3) is 0.947. The van der Waals surface area contributed by atoms with E-state index in [2.05, 4.69) is 19.6 Å². The Hall–Kier alpha value is -0.353. The second kappa shape index (κ2) is 8.66. The molecule has 2 aliphatic rings. The standard InChI is InChI=1S/C19H36O3Si/c1-23(2,3)18(14-17(20)15-10-6-4-7-11-15)22-19(21)16-12-8-5-9-13-16/h15-18,20H,4-14H2,1-3H3/t17-,18+/m1/s1. The molecular formula is C19H36O3Si. The molecule has 0 amide bonds. The Kier molecular flexibility index (Phi) is 7.14. The second-order valence-corrected chi connectivity index (χ2v) is 14.2. The molecule has 2 atom stereocenters. The highest BCUT2D eigenvalue weighted by molar-refractivity contribution is 6.77. The number of rotatable bonds is 6. The van der Waals surface area contributed by atoms with Crippen LogP contribution in [0.4, 0.5) is 0 Å². The molecule has 0 bridgehead atoms. The van der Waals surface area contributed by atoms with Gasteiger partial charge in [0.25, 0.3) is 0 Å². The summed E-state index contributed by atoms with van der Waals surface area (Å²) in [5, 5.41) is 10.7. The molecule has 0 aromatic carbocycles. The molecule has 3 nitrogen and oxygen atoms in total. The van der Waals surface area contributed by atoms with Gasteiger partial charge in [-0.1, -0.05) is 58.2 Å². The zero-order valence-electron chi connectivity index (χ0n) is 15.4. The molecule has 23 heavy (non-hydrogen) atoms. The first-order valence-electron chi connectivity index (χ1n) is 9.76. The molecule has 4 heteroatoms. The number of ether oxygens (including phenoxy) is 1. The van der Waals surface area contributed by atoms with E-state index in [0.29, 0.717) is 12.3 Å². The van der Waals surface area contributed by atoms with Crippen LogP contribution in [0.15, 0.2) is 0 Å². The van der Waals surface area contributed by atoms with E-state index in [0.717, 1.165) is 38.5 Å². The number of aliphatic hydroxyl groups is 1. The highest BCUT2D eigenvalue weighted by Crippen LogP contribution is 2.31. The predicted octanol–water partition coefficient (Wildman–Crippen LogP) is 4.69. The molecule has 2 fully saturated rings. The predicted molar refractivity (Wildman–Crippen MR) is 97.0 cm³/mol. The lowest BCUT2D eigenvalue weighted by atomic mass is 9.84. The van der Waals surface area contributed by atoms with Crippen molar-refractivity contribution >= 4 is 14.0 Å². The zero-order valence-corrected chi connectivity index (χ0v) is 16.4. The van der Waals surface area contributed by atoms with Gasteiger partial charge in [-0.2, -0.15) is 0 Å². The molecule has 0 unspecified atom stereocenters. The maximum absolute atomic E-state index is 12.5. The maximum atomic E-state index is 12.5. The molecule has 1 N–H and O–H groups in total. The lowest BCUT2D eigenvalue weighted by Gasteiger charge is -2.35. The lowest BCUT2D eigenvalue weighted by Crippen LogP contribution is -2.46. The van der Waals surface area contributed by atoms with Crippen LogP contribution in [0.5, 0.6) is 0 Å². The average molecular weight is 341 g/mol. The summed E-state index contributed by atoms with van der Waals surface area (Å²) in [5.74, 6) is 0.526. The van der Waals surface area contributed by atoms with Crippen LogP contribution in [0, 0.1) is 11.8 Å². The van der Waals surface area contributed by atoms with Crippen molar-refractivity contribution in [3.63, 3.8) is 0 Å². The summed E-state index contributed by atoms with van der Waals surface area (Å²) in [4.78, 5) is 12.5. The van der Waals surface area contributed by atoms with Crippen molar-refractivity contribution in [3.8, 4) is 0 Å². The second-order valence-electron chi connectivity index (χ2n) is 8.83. The molecule has 0 spiro atoms. The molecule has 0 aliphatic heterocycles. The molecule has 0 saturated heterocycles. The Morgan fingerprint density at radius 3 is 2.04 bits per heavy atom. The molecular weight excluding hydrogens is 304 g/mol. The van der Waals surface area contributed by atoms with E-state index in [9.17, 15) is 9.90 Å². The van der Waals surface area contributed by atoms with Gasteiger partial charge in [0, 0.05) is 6.42 Å². The van der Waals surface area contributed by atoms with Gasteiger partial charge in [0.15, 0.2) is 0 Å². The maximum Gasteiger partial charge on any atom is 0.308 e. The first-order valence-corrected chi connectivity index (χ1v) is 13.3. The van der Waals surface area contributed by atoms with Crippen molar-refractivity contribution in [2.24, 2.45) is 11.8 Å². The van der Waals surface area contributed by atoms with Crippen molar-refractivity contribution in [2.45, 2.75) is 102 Å². The smallest absolute Gasteiger partial charge is 0.308 e. The third-order valence-corrected chi connectivity index (χ3v) is 8.10. The SMILES string of the molecule is C[Si](C)(C)[C@@H](C[C@@H](O)C1CCCCC1)OC(=O)C1CCCCC1. The summed E-state index contributed by atoms with van der Waals surface area (Å²) in [7, 11) is -1.64. The van der Waals surface area contributed by atoms with Crippen molar-refractivity contribution in [3.05, 3.63) is 0 Å². The topological polar surface area (TPSA) is 46.5 Å². The van der Waals surface area contributed by atoms with Gasteiger partial charge >= 0.3 is 5.97 Å². The Balaban J connectivity index is 1.92. The monoisotopic (exact) mass is 340 g/mol. The van der Waals surface area contributed by atoms with Crippen molar-refractivity contribution < 1.29 is 14.6 Å². The molecule has 2 rings (SSSR count). The quantitative estimate of drug-likeness (QED) is 0.564. The van der Waals surface area contributed by atoms with Crippen LogP contribution in [-0.2, 0) is 9.53 Å². The van der Waals surface area contributed by atoms with Gasteiger partial charge in [0.05, 0.1) is 25.8 Å². The van der Waals surface area contributed by atoms with E-state index in [1.165, 1.54) is 25.7 Å². The zero-order chi connectivity index (χ0) is 16.9. The lowest BCUT2D eigenvalue weighted by molar-refractivity contribution is -0.153. The minimum atomic E-state index is -1.64. The molecule has 2 saturated carbocycles. The summed E-state index contributed by atoms with van der Waals surface area (Å²) in [5.41, 5.74) is -0.0474. The Morgan fingerprint density at radius 2 is 1.52 bits per heavy atom. The van der Waals surface area contributed by atoms with Gasteiger partial charge in [0.2, 0.25) is 0 Å². The van der Waals surface area contributed by atoms with Crippen LogP contribution in [0.2, 0.25) is 19.6 Å². The molecule has 134 valence electrons. The number of esters is 1. The number of carbonyl (C=O) groups excluding carboxylic acids is 1. The van der Waals surface area contributed by atoms with Gasteiger partial charge in [-0.25, -0.2) is 0 Å². The third kappa shape index (κ3) is 5.90. The molecule has 2 aliphatic carbocycles. The Labute approximate surface area is 143 Å². The van der Waals surface area contributed by atoms with E-state index >= 15 is 0 Å². The normalized spacial score (nSPS) is 24.2. The van der Waals surface area contributed by atoms with Gasteiger partial charge in [-0.3, -0.25) is 4.79 Å². The van der Waals surface area contributed by atoms with Gasteiger partial charge in [-0.15, -0.1) is 0 Å². The van der Waals surface area contributed by atoms with E-state index in [-0.39, 0.29) is 23.7 Å². The van der Waals surface area contributed by atoms with Crippen LogP contribution in [-0.4, -0.2) is 31.0 Å². The largest absolute Gasteiger partial charge is 0.466 e. The summed E-state index contributed by atoms with van der Waals surface area (Å²) >= 11 is 0. The minimum Gasteiger partial charge on any atom is -0.466 e. The van der Waals surface area contributed by atoms with E-state index in [1.807, 2.05) is 0 Å². The van der Waals surface area contributed by atoms with Gasteiger partial charge in [-0.05, 0) is 31.6 Å². The van der Waals surface area contributed by atoms with Crippen LogP contribution in [0.3, 0.4) is 0 Å². The summed E-state index contributed by atoms with van der Waals surface area (Å²) in [6.07, 6.45) is 11.9. The molecule has 0 aromatic rings. The number of hydrogen-bond acceptors (Lipinski definition) is 3. The fourth-order valence-corrected chi connectivity index (χ4v) is 5.50. The van der Waals surface area contributed by atoms with Crippen LogP contribution < -0.4 is 0 Å². The van der Waals surface area contributed by atoms with Crippen LogP contribution in [0.25, 0.3) is 0 Å². The first-order chi connectivity index (χ1) is 10.9. The number of aliphatic hydroxyl groups excluding tert-OH is 1. The van der Waals surface area contributed by atoms with E-state index < -0.39 is 8.07 Å². The first kappa shape index (κ1) is 19.0. The van der Waals surface area contributed by atoms with Crippen molar-refractivity contribution in [2.75, 3.05) is 0 Å². The summed E-state index contributed by atoms with van der Waals surface area (Å²) in [6.45, 7) is 6.75. The third-order valence-electron chi connectivity index (χ3n) is 5.81. The van der Waals surface area contributed by atoms with Crippen molar-refractivity contribution in [1.82, 2.24) is 0 Å². The molecule has 0 heterocycles.